The lowest BCUT2D eigenvalue weighted by Gasteiger charge is -2.20. The summed E-state index contributed by atoms with van der Waals surface area (Å²) in [5.41, 5.74) is 3.06. The molecule has 3 aromatic rings. The van der Waals surface area contributed by atoms with Crippen LogP contribution >= 0.6 is 11.9 Å². The van der Waals surface area contributed by atoms with Gasteiger partial charge in [0.1, 0.15) is 17.8 Å². The van der Waals surface area contributed by atoms with Crippen LogP contribution in [0.15, 0.2) is 59.8 Å². The molecule has 0 spiro atoms. The zero-order chi connectivity index (χ0) is 22.9. The molecule has 1 aromatic heterocycles. The molecule has 0 aliphatic heterocycles. The summed E-state index contributed by atoms with van der Waals surface area (Å²) in [7, 11) is 5.21. The van der Waals surface area contributed by atoms with E-state index in [1.807, 2.05) is 25.4 Å². The van der Waals surface area contributed by atoms with Crippen molar-refractivity contribution in [2.75, 3.05) is 21.3 Å². The zero-order valence-electron chi connectivity index (χ0n) is 19.0. The van der Waals surface area contributed by atoms with Gasteiger partial charge >= 0.3 is 0 Å². The zero-order valence-corrected chi connectivity index (χ0v) is 19.8. The predicted octanol–water partition coefficient (Wildman–Crippen LogP) is 4.97. The number of hydrogen-bond donors (Lipinski definition) is 1. The first-order valence-corrected chi connectivity index (χ1v) is 10.8. The number of carbonyl (C=O) groups excluding carboxylic acids is 1. The van der Waals surface area contributed by atoms with Gasteiger partial charge in [-0.1, -0.05) is 39.0 Å². The van der Waals surface area contributed by atoms with E-state index in [-0.39, 0.29) is 5.41 Å². The average molecular weight is 442 g/mol. The van der Waals surface area contributed by atoms with E-state index in [1.54, 1.807) is 49.2 Å². The number of ether oxygens (including phenoxy) is 2. The van der Waals surface area contributed by atoms with Gasteiger partial charge in [0.05, 0.1) is 25.7 Å². The largest absolute Gasteiger partial charge is 0.496 e. The van der Waals surface area contributed by atoms with E-state index in [2.05, 4.69) is 48.8 Å². The van der Waals surface area contributed by atoms with Gasteiger partial charge in [-0.3, -0.25) is 14.2 Å². The molecule has 0 aliphatic rings. The highest BCUT2D eigenvalue weighted by atomic mass is 32.2. The molecular weight excluding hydrogens is 410 g/mol. The number of rotatable bonds is 7. The van der Waals surface area contributed by atoms with Crippen LogP contribution in [0.2, 0.25) is 0 Å². The third-order valence-electron chi connectivity index (χ3n) is 4.58. The highest BCUT2D eigenvalue weighted by molar-refractivity contribution is 7.97. The monoisotopic (exact) mass is 441 g/mol. The van der Waals surface area contributed by atoms with Gasteiger partial charge in [-0.2, -0.15) is 5.10 Å². The van der Waals surface area contributed by atoms with Crippen molar-refractivity contribution in [2.24, 2.45) is 0 Å². The van der Waals surface area contributed by atoms with Crippen molar-refractivity contribution < 1.29 is 14.3 Å². The Morgan fingerprint density at radius 3 is 2.39 bits per heavy atom. The third kappa shape index (κ3) is 7.15. The van der Waals surface area contributed by atoms with Crippen LogP contribution in [0.4, 0.5) is 0 Å². The van der Waals surface area contributed by atoms with Crippen molar-refractivity contribution in [3.8, 4) is 11.5 Å². The first-order valence-electron chi connectivity index (χ1n) is 9.94. The fourth-order valence-electron chi connectivity index (χ4n) is 2.86. The first-order chi connectivity index (χ1) is 14.8. The maximum Gasteiger partial charge on any atom is 0.150 e. The van der Waals surface area contributed by atoms with E-state index in [0.717, 1.165) is 22.5 Å². The summed E-state index contributed by atoms with van der Waals surface area (Å²) in [6.45, 7) is 7.24. The molecule has 6 nitrogen and oxygen atoms in total. The van der Waals surface area contributed by atoms with Gasteiger partial charge in [-0.25, -0.2) is 0 Å². The summed E-state index contributed by atoms with van der Waals surface area (Å²) in [4.78, 5) is 11.7. The molecule has 3 rings (SSSR count). The molecule has 0 unspecified atom stereocenters. The first kappa shape index (κ1) is 24.5. The predicted molar refractivity (Wildman–Crippen MR) is 126 cm³/mol. The van der Waals surface area contributed by atoms with E-state index < -0.39 is 0 Å². The van der Waals surface area contributed by atoms with Crippen molar-refractivity contribution in [1.29, 1.82) is 0 Å². The Morgan fingerprint density at radius 2 is 1.84 bits per heavy atom. The Labute approximate surface area is 189 Å². The number of methoxy groups -OCH3 is 2. The molecule has 0 aliphatic carbocycles. The Kier molecular flexibility index (Phi) is 9.15. The summed E-state index contributed by atoms with van der Waals surface area (Å²) in [6, 6.07) is 13.6. The van der Waals surface area contributed by atoms with E-state index in [0.29, 0.717) is 17.9 Å². The molecule has 0 saturated carbocycles. The van der Waals surface area contributed by atoms with Crippen LogP contribution in [0.3, 0.4) is 0 Å². The van der Waals surface area contributed by atoms with Crippen LogP contribution in [0.5, 0.6) is 11.5 Å². The van der Waals surface area contributed by atoms with Gasteiger partial charge < -0.3 is 9.47 Å². The van der Waals surface area contributed by atoms with Crippen molar-refractivity contribution in [1.82, 2.24) is 14.5 Å². The van der Waals surface area contributed by atoms with Gasteiger partial charge in [-0.15, -0.1) is 0 Å². The molecule has 166 valence electrons. The number of aldehydes is 1. The minimum atomic E-state index is 0.163. The fraction of sp³-hybridized carbons (Fsp3) is 0.333. The Morgan fingerprint density at radius 1 is 1.10 bits per heavy atom. The molecule has 0 saturated heterocycles. The maximum atomic E-state index is 10.6. The highest BCUT2D eigenvalue weighted by Crippen LogP contribution is 2.32. The van der Waals surface area contributed by atoms with Crippen LogP contribution in [-0.2, 0) is 12.0 Å². The number of nitrogens with one attached hydrogen (secondary N) is 1. The van der Waals surface area contributed by atoms with Crippen LogP contribution in [0, 0.1) is 0 Å². The van der Waals surface area contributed by atoms with Crippen LogP contribution < -0.4 is 14.2 Å². The lowest BCUT2D eigenvalue weighted by Crippen LogP contribution is -2.11. The minimum absolute atomic E-state index is 0.163. The summed E-state index contributed by atoms with van der Waals surface area (Å²) < 4.78 is 15.5. The molecule has 0 radical (unpaired) electrons. The van der Waals surface area contributed by atoms with Crippen molar-refractivity contribution in [3.63, 3.8) is 0 Å². The van der Waals surface area contributed by atoms with Gasteiger partial charge in [0.15, 0.2) is 0 Å². The lowest BCUT2D eigenvalue weighted by molar-refractivity contribution is 0.112. The Balaban J connectivity index is 0.000000221. The molecule has 0 fully saturated rings. The summed E-state index contributed by atoms with van der Waals surface area (Å²) in [6.07, 6.45) is 4.42. The molecule has 1 N–H and O–H groups in total. The van der Waals surface area contributed by atoms with Crippen molar-refractivity contribution in [3.05, 3.63) is 71.5 Å². The normalized spacial score (nSPS) is 10.8. The summed E-state index contributed by atoms with van der Waals surface area (Å²) >= 11 is 1.57. The highest BCUT2D eigenvalue weighted by Gasteiger charge is 2.15. The summed E-state index contributed by atoms with van der Waals surface area (Å²) in [5.74, 6) is 1.64. The third-order valence-corrected chi connectivity index (χ3v) is 5.34. The molecule has 2 aromatic carbocycles. The van der Waals surface area contributed by atoms with Crippen LogP contribution in [-0.4, -0.2) is 37.3 Å². The quantitative estimate of drug-likeness (QED) is 0.412. The molecule has 0 atom stereocenters. The Hall–Kier alpha value is -2.77. The van der Waals surface area contributed by atoms with Gasteiger partial charge in [0.2, 0.25) is 0 Å². The SMILES string of the molecule is CNSc1ccc(C(C)(C)C)cc1OC.COc1cc(C=O)ccc1Cn1cccn1. The topological polar surface area (TPSA) is 65.4 Å². The number of benzene rings is 2. The van der Waals surface area contributed by atoms with E-state index in [4.69, 9.17) is 9.47 Å². The van der Waals surface area contributed by atoms with Gasteiger partial charge in [-0.05, 0) is 54.2 Å². The molecule has 0 bridgehead atoms. The molecule has 0 amide bonds. The fourth-order valence-corrected chi connectivity index (χ4v) is 3.46. The smallest absolute Gasteiger partial charge is 0.150 e. The van der Waals surface area contributed by atoms with E-state index >= 15 is 0 Å². The molecular formula is C24H31N3O3S. The number of nitrogens with zero attached hydrogens (tertiary/aromatic N) is 2. The van der Waals surface area contributed by atoms with Crippen molar-refractivity contribution >= 4 is 18.2 Å². The molecule has 7 heteroatoms. The van der Waals surface area contributed by atoms with Gasteiger partial charge in [0.25, 0.3) is 0 Å². The standard InChI is InChI=1S/C12H12N2O2.C12H19NOS/c1-16-12-7-10(9-15)3-4-11(12)8-14-6-2-5-13-14;1-12(2,3)9-6-7-11(15-13-4)10(8-9)14-5/h2-7,9H,8H2,1H3;6-8,13H,1-5H3. The van der Waals surface area contributed by atoms with Crippen LogP contribution in [0.25, 0.3) is 0 Å². The molecule has 1 heterocycles. The van der Waals surface area contributed by atoms with Gasteiger partial charge in [0, 0.05) is 23.5 Å². The molecule has 31 heavy (non-hydrogen) atoms. The van der Waals surface area contributed by atoms with Crippen molar-refractivity contribution in [2.45, 2.75) is 37.6 Å². The van der Waals surface area contributed by atoms with E-state index in [1.165, 1.54) is 5.56 Å². The average Bonchev–Trinajstić information content (AvgIpc) is 3.27. The Bertz CT molecular complexity index is 967. The number of hydrogen-bond acceptors (Lipinski definition) is 6. The second kappa shape index (κ2) is 11.6. The minimum Gasteiger partial charge on any atom is -0.496 e. The number of carbonyl (C=O) groups is 1. The van der Waals surface area contributed by atoms with E-state index in [9.17, 15) is 4.79 Å². The lowest BCUT2D eigenvalue weighted by atomic mass is 9.87. The van der Waals surface area contributed by atoms with Crippen LogP contribution in [0.1, 0.15) is 42.3 Å². The second-order valence-electron chi connectivity index (χ2n) is 7.81. The number of aromatic nitrogens is 2. The second-order valence-corrected chi connectivity index (χ2v) is 8.87. The summed E-state index contributed by atoms with van der Waals surface area (Å²) in [5, 5.41) is 4.12. The maximum absolute atomic E-state index is 10.6.